The number of methoxy groups -OCH3 is 1. The fraction of sp³-hybridized carbons (Fsp3) is 0.417. The summed E-state index contributed by atoms with van der Waals surface area (Å²) in [6.07, 6.45) is 0.632. The van der Waals surface area contributed by atoms with Gasteiger partial charge in [0.05, 0.1) is 12.6 Å². The van der Waals surface area contributed by atoms with Gasteiger partial charge in [-0.3, -0.25) is 4.79 Å². The third-order valence-electron chi connectivity index (χ3n) is 5.73. The van der Waals surface area contributed by atoms with Crippen LogP contribution in [-0.4, -0.2) is 48.7 Å². The molecule has 0 unspecified atom stereocenters. The highest BCUT2D eigenvalue weighted by atomic mass is 16.6. The number of benzene rings is 2. The van der Waals surface area contributed by atoms with Crippen LogP contribution in [0.2, 0.25) is 0 Å². The van der Waals surface area contributed by atoms with Crippen molar-refractivity contribution in [3.05, 3.63) is 66.2 Å². The maximum absolute atomic E-state index is 12.9. The fourth-order valence-electron chi connectivity index (χ4n) is 3.97. The Balaban J connectivity index is 1.74. The number of ether oxygens (including phenoxy) is 2. The standard InChI is InChI=1S/C24H30N2O4/c1-4-22(27)26(20-13-9-6-10-14-20)21-15-16-25(18-24(21,2)29-3)23(28)30-17-19-11-7-5-8-12-19/h5-14,21H,4,15-18H2,1-3H3/t21-,24-/m0/s1. The number of rotatable bonds is 6. The summed E-state index contributed by atoms with van der Waals surface area (Å²) in [5.74, 6) is 0.0366. The lowest BCUT2D eigenvalue weighted by molar-refractivity contribution is -0.122. The largest absolute Gasteiger partial charge is 0.445 e. The molecule has 2 aromatic carbocycles. The highest BCUT2D eigenvalue weighted by Crippen LogP contribution is 2.33. The number of carbonyl (C=O) groups excluding carboxylic acids is 2. The Labute approximate surface area is 178 Å². The van der Waals surface area contributed by atoms with Crippen LogP contribution in [0.4, 0.5) is 10.5 Å². The minimum Gasteiger partial charge on any atom is -0.445 e. The number of carbonyl (C=O) groups is 2. The zero-order valence-corrected chi connectivity index (χ0v) is 17.9. The van der Waals surface area contributed by atoms with Crippen molar-refractivity contribution in [3.63, 3.8) is 0 Å². The highest BCUT2D eigenvalue weighted by Gasteiger charge is 2.46. The molecule has 1 aliphatic heterocycles. The van der Waals surface area contributed by atoms with Crippen molar-refractivity contribution in [2.75, 3.05) is 25.1 Å². The molecule has 1 saturated heterocycles. The van der Waals surface area contributed by atoms with E-state index >= 15 is 0 Å². The number of anilines is 1. The SMILES string of the molecule is CCC(=O)N(c1ccccc1)[C@H]1CCN(C(=O)OCc2ccccc2)C[C@]1(C)OC. The first kappa shape index (κ1) is 21.8. The van der Waals surface area contributed by atoms with Gasteiger partial charge in [0.2, 0.25) is 5.91 Å². The van der Waals surface area contributed by atoms with Gasteiger partial charge in [0.15, 0.2) is 0 Å². The predicted molar refractivity (Wildman–Crippen MR) is 116 cm³/mol. The van der Waals surface area contributed by atoms with Gasteiger partial charge in [-0.25, -0.2) is 4.79 Å². The summed E-state index contributed by atoms with van der Waals surface area (Å²) in [4.78, 5) is 29.0. The molecule has 2 amide bonds. The van der Waals surface area contributed by atoms with Gasteiger partial charge in [0.25, 0.3) is 0 Å². The van der Waals surface area contributed by atoms with Crippen LogP contribution < -0.4 is 4.90 Å². The summed E-state index contributed by atoms with van der Waals surface area (Å²) >= 11 is 0. The molecule has 0 bridgehead atoms. The van der Waals surface area contributed by atoms with Gasteiger partial charge in [-0.15, -0.1) is 0 Å². The van der Waals surface area contributed by atoms with Crippen LogP contribution in [0.15, 0.2) is 60.7 Å². The first-order chi connectivity index (χ1) is 14.5. The number of hydrogen-bond donors (Lipinski definition) is 0. The molecule has 0 aromatic heterocycles. The summed E-state index contributed by atoms with van der Waals surface area (Å²) in [5, 5.41) is 0. The van der Waals surface area contributed by atoms with Crippen LogP contribution >= 0.6 is 0 Å². The van der Waals surface area contributed by atoms with Crippen LogP contribution in [0, 0.1) is 0 Å². The van der Waals surface area contributed by atoms with Gasteiger partial charge in [0, 0.05) is 25.8 Å². The van der Waals surface area contributed by atoms with E-state index in [1.54, 1.807) is 12.0 Å². The number of hydrogen-bond acceptors (Lipinski definition) is 4. The molecule has 160 valence electrons. The molecule has 1 heterocycles. The molecular formula is C24H30N2O4. The second-order valence-electron chi connectivity index (χ2n) is 7.74. The van der Waals surface area contributed by atoms with E-state index in [1.165, 1.54) is 0 Å². The molecule has 0 aliphatic carbocycles. The van der Waals surface area contributed by atoms with Crippen LogP contribution in [0.5, 0.6) is 0 Å². The van der Waals surface area contributed by atoms with Gasteiger partial charge >= 0.3 is 6.09 Å². The molecule has 6 heteroatoms. The van der Waals surface area contributed by atoms with E-state index in [0.717, 1.165) is 11.3 Å². The molecule has 30 heavy (non-hydrogen) atoms. The maximum Gasteiger partial charge on any atom is 0.410 e. The summed E-state index contributed by atoms with van der Waals surface area (Å²) in [6.45, 7) is 4.89. The lowest BCUT2D eigenvalue weighted by Crippen LogP contribution is -2.64. The van der Waals surface area contributed by atoms with Crippen LogP contribution in [0.1, 0.15) is 32.3 Å². The van der Waals surface area contributed by atoms with Gasteiger partial charge in [-0.05, 0) is 31.0 Å². The van der Waals surface area contributed by atoms with Crippen molar-refractivity contribution in [3.8, 4) is 0 Å². The Morgan fingerprint density at radius 2 is 1.73 bits per heavy atom. The Bertz CT molecular complexity index is 843. The maximum atomic E-state index is 12.9. The summed E-state index contributed by atoms with van der Waals surface area (Å²) < 4.78 is 11.4. The van der Waals surface area contributed by atoms with Gasteiger partial charge < -0.3 is 19.3 Å². The zero-order valence-electron chi connectivity index (χ0n) is 17.9. The number of nitrogens with zero attached hydrogens (tertiary/aromatic N) is 2. The van der Waals surface area contributed by atoms with Gasteiger partial charge in [-0.1, -0.05) is 55.5 Å². The monoisotopic (exact) mass is 410 g/mol. The van der Waals surface area contributed by atoms with Crippen molar-refractivity contribution >= 4 is 17.7 Å². The summed E-state index contributed by atoms with van der Waals surface area (Å²) in [6, 6.07) is 19.1. The second kappa shape index (κ2) is 9.76. The second-order valence-corrected chi connectivity index (χ2v) is 7.74. The summed E-state index contributed by atoms with van der Waals surface area (Å²) in [5.41, 5.74) is 1.07. The smallest absolute Gasteiger partial charge is 0.410 e. The molecule has 0 N–H and O–H groups in total. The molecule has 0 saturated carbocycles. The molecule has 1 aliphatic rings. The Morgan fingerprint density at radius 1 is 1.10 bits per heavy atom. The first-order valence-electron chi connectivity index (χ1n) is 10.4. The minimum absolute atomic E-state index is 0.0366. The number of amides is 2. The van der Waals surface area contributed by atoms with E-state index in [-0.39, 0.29) is 24.6 Å². The van der Waals surface area contributed by atoms with Crippen LogP contribution in [0.3, 0.4) is 0 Å². The molecule has 0 spiro atoms. The van der Waals surface area contributed by atoms with E-state index < -0.39 is 5.60 Å². The van der Waals surface area contributed by atoms with E-state index in [2.05, 4.69) is 0 Å². The van der Waals surface area contributed by atoms with Crippen molar-refractivity contribution in [1.29, 1.82) is 0 Å². The first-order valence-corrected chi connectivity index (χ1v) is 10.4. The Morgan fingerprint density at radius 3 is 2.33 bits per heavy atom. The van der Waals surface area contributed by atoms with Gasteiger partial charge in [0.1, 0.15) is 12.2 Å². The highest BCUT2D eigenvalue weighted by molar-refractivity contribution is 5.94. The van der Waals surface area contributed by atoms with E-state index in [0.29, 0.717) is 25.9 Å². The van der Waals surface area contributed by atoms with Gasteiger partial charge in [-0.2, -0.15) is 0 Å². The van der Waals surface area contributed by atoms with E-state index in [1.807, 2.05) is 79.4 Å². The van der Waals surface area contributed by atoms with Crippen molar-refractivity contribution in [2.45, 2.75) is 44.9 Å². The Hall–Kier alpha value is -2.86. The normalized spacial score (nSPS) is 21.2. The lowest BCUT2D eigenvalue weighted by atomic mass is 9.87. The molecular weight excluding hydrogens is 380 g/mol. The lowest BCUT2D eigenvalue weighted by Gasteiger charge is -2.49. The number of likely N-dealkylation sites (tertiary alicyclic amines) is 1. The molecule has 1 fully saturated rings. The zero-order chi connectivity index (χ0) is 21.6. The van der Waals surface area contributed by atoms with Crippen molar-refractivity contribution < 1.29 is 19.1 Å². The third kappa shape index (κ3) is 4.82. The van der Waals surface area contributed by atoms with E-state index in [4.69, 9.17) is 9.47 Å². The topological polar surface area (TPSA) is 59.1 Å². The molecule has 2 atom stereocenters. The quantitative estimate of drug-likeness (QED) is 0.715. The van der Waals surface area contributed by atoms with Crippen LogP contribution in [-0.2, 0) is 20.9 Å². The number of piperidine rings is 1. The predicted octanol–water partition coefficient (Wildman–Crippen LogP) is 4.25. The average molecular weight is 411 g/mol. The molecule has 6 nitrogen and oxygen atoms in total. The van der Waals surface area contributed by atoms with Crippen molar-refractivity contribution in [1.82, 2.24) is 4.90 Å². The third-order valence-corrected chi connectivity index (χ3v) is 5.73. The number of para-hydroxylation sites is 1. The van der Waals surface area contributed by atoms with Crippen molar-refractivity contribution in [2.24, 2.45) is 0 Å². The summed E-state index contributed by atoms with van der Waals surface area (Å²) in [7, 11) is 1.63. The molecule has 0 radical (unpaired) electrons. The minimum atomic E-state index is -0.718. The van der Waals surface area contributed by atoms with E-state index in [9.17, 15) is 9.59 Å². The molecule has 3 rings (SSSR count). The Kier molecular flexibility index (Phi) is 7.11. The van der Waals surface area contributed by atoms with Crippen LogP contribution in [0.25, 0.3) is 0 Å². The average Bonchev–Trinajstić information content (AvgIpc) is 2.80. The fourth-order valence-corrected chi connectivity index (χ4v) is 3.97. The molecule has 2 aromatic rings.